The first-order valence-corrected chi connectivity index (χ1v) is 5.15. The van der Waals surface area contributed by atoms with E-state index in [1.165, 1.54) is 0 Å². The summed E-state index contributed by atoms with van der Waals surface area (Å²) in [5, 5.41) is 0.237. The Morgan fingerprint density at radius 3 is 3.00 bits per heavy atom. The molecular weight excluding hydrogens is 170 g/mol. The fourth-order valence-corrected chi connectivity index (χ4v) is 1.74. The molecule has 0 saturated carbocycles. The zero-order valence-electron chi connectivity index (χ0n) is 7.50. The maximum atomic E-state index is 5.76. The van der Waals surface area contributed by atoms with Crippen LogP contribution in [0.25, 0.3) is 0 Å². The van der Waals surface area contributed by atoms with Gasteiger partial charge in [0.15, 0.2) is 0 Å². The minimum absolute atomic E-state index is 0.237. The molecule has 0 unspecified atom stereocenters. The number of imidazole rings is 1. The maximum absolute atomic E-state index is 5.76. The molecule has 3 nitrogen and oxygen atoms in total. The predicted molar refractivity (Wildman–Crippen MR) is 52.9 cm³/mol. The first-order valence-electron chi connectivity index (χ1n) is 4.10. The van der Waals surface area contributed by atoms with Crippen LogP contribution in [0.3, 0.4) is 0 Å². The highest BCUT2D eigenvalue weighted by molar-refractivity contribution is 7.99. The Hall–Kier alpha value is -0.480. The fourth-order valence-electron chi connectivity index (χ4n) is 0.836. The van der Waals surface area contributed by atoms with Crippen molar-refractivity contribution in [3.8, 4) is 0 Å². The van der Waals surface area contributed by atoms with Crippen molar-refractivity contribution in [2.45, 2.75) is 31.4 Å². The molecule has 3 N–H and O–H groups in total. The molecule has 0 fully saturated rings. The SMILES string of the molecule is CC[C@H](N)SCc1nc[nH]c1C. The van der Waals surface area contributed by atoms with Gasteiger partial charge in [0.05, 0.1) is 17.4 Å². The van der Waals surface area contributed by atoms with Gasteiger partial charge in [-0.3, -0.25) is 0 Å². The largest absolute Gasteiger partial charge is 0.348 e. The summed E-state index contributed by atoms with van der Waals surface area (Å²) in [6.07, 6.45) is 2.73. The van der Waals surface area contributed by atoms with Gasteiger partial charge in [-0.1, -0.05) is 6.92 Å². The average Bonchev–Trinajstić information content (AvgIpc) is 2.47. The third-order valence-electron chi connectivity index (χ3n) is 1.77. The molecule has 1 aromatic rings. The lowest BCUT2D eigenvalue weighted by molar-refractivity contribution is 0.867. The molecule has 12 heavy (non-hydrogen) atoms. The highest BCUT2D eigenvalue weighted by Gasteiger charge is 2.04. The van der Waals surface area contributed by atoms with Crippen LogP contribution in [-0.4, -0.2) is 15.3 Å². The van der Waals surface area contributed by atoms with Crippen LogP contribution in [0.2, 0.25) is 0 Å². The van der Waals surface area contributed by atoms with Crippen LogP contribution in [0.4, 0.5) is 0 Å². The number of hydrogen-bond acceptors (Lipinski definition) is 3. The quantitative estimate of drug-likeness (QED) is 0.701. The lowest BCUT2D eigenvalue weighted by Crippen LogP contribution is -2.13. The highest BCUT2D eigenvalue weighted by atomic mass is 32.2. The standard InChI is InChI=1S/C8H15N3S/c1-3-8(9)12-4-7-6(2)10-5-11-7/h5,8H,3-4,9H2,1-2H3,(H,10,11)/t8-/m1/s1. The molecule has 4 heteroatoms. The van der Waals surface area contributed by atoms with Gasteiger partial charge in [0, 0.05) is 11.4 Å². The van der Waals surface area contributed by atoms with Gasteiger partial charge in [-0.2, -0.15) is 0 Å². The Kier molecular flexibility index (Phi) is 3.62. The van der Waals surface area contributed by atoms with Crippen LogP contribution in [0, 0.1) is 6.92 Å². The van der Waals surface area contributed by atoms with Gasteiger partial charge in [-0.05, 0) is 13.3 Å². The zero-order valence-corrected chi connectivity index (χ0v) is 8.32. The molecule has 0 saturated heterocycles. The topological polar surface area (TPSA) is 54.7 Å². The Labute approximate surface area is 77.1 Å². The molecular formula is C8H15N3S. The molecule has 1 aromatic heterocycles. The Morgan fingerprint density at radius 1 is 1.75 bits per heavy atom. The monoisotopic (exact) mass is 185 g/mol. The Bertz CT molecular complexity index is 234. The summed E-state index contributed by atoms with van der Waals surface area (Å²) in [5.74, 6) is 0.907. The van der Waals surface area contributed by atoms with Gasteiger partial charge in [-0.25, -0.2) is 4.98 Å². The fraction of sp³-hybridized carbons (Fsp3) is 0.625. The molecule has 0 aliphatic carbocycles. The number of rotatable bonds is 4. The van der Waals surface area contributed by atoms with Crippen molar-refractivity contribution < 1.29 is 0 Å². The number of aromatic nitrogens is 2. The number of aryl methyl sites for hydroxylation is 1. The van der Waals surface area contributed by atoms with Crippen LogP contribution >= 0.6 is 11.8 Å². The molecule has 1 heterocycles. The smallest absolute Gasteiger partial charge is 0.0925 e. The van der Waals surface area contributed by atoms with Crippen molar-refractivity contribution in [1.82, 2.24) is 9.97 Å². The molecule has 0 radical (unpaired) electrons. The van der Waals surface area contributed by atoms with Crippen LogP contribution in [0.1, 0.15) is 24.7 Å². The van der Waals surface area contributed by atoms with E-state index in [1.54, 1.807) is 18.1 Å². The molecule has 0 aliphatic heterocycles. The van der Waals surface area contributed by atoms with E-state index < -0.39 is 0 Å². The van der Waals surface area contributed by atoms with Gasteiger partial charge >= 0.3 is 0 Å². The van der Waals surface area contributed by atoms with Gasteiger partial charge in [0.1, 0.15) is 0 Å². The summed E-state index contributed by atoms with van der Waals surface area (Å²) in [5.41, 5.74) is 8.02. The van der Waals surface area contributed by atoms with E-state index in [0.29, 0.717) is 0 Å². The van der Waals surface area contributed by atoms with E-state index in [2.05, 4.69) is 16.9 Å². The molecule has 0 spiro atoms. The number of hydrogen-bond donors (Lipinski definition) is 2. The van der Waals surface area contributed by atoms with Crippen molar-refractivity contribution in [1.29, 1.82) is 0 Å². The molecule has 0 bridgehead atoms. The molecule has 0 aliphatic rings. The van der Waals surface area contributed by atoms with Crippen molar-refractivity contribution in [2.24, 2.45) is 5.73 Å². The van der Waals surface area contributed by atoms with E-state index in [4.69, 9.17) is 5.73 Å². The number of nitrogens with zero attached hydrogens (tertiary/aromatic N) is 1. The first kappa shape index (κ1) is 9.61. The minimum Gasteiger partial charge on any atom is -0.348 e. The van der Waals surface area contributed by atoms with E-state index in [-0.39, 0.29) is 5.37 Å². The molecule has 0 amide bonds. The lowest BCUT2D eigenvalue weighted by atomic mass is 10.4. The molecule has 0 aromatic carbocycles. The Morgan fingerprint density at radius 2 is 2.50 bits per heavy atom. The normalized spacial score (nSPS) is 13.2. The summed E-state index contributed by atoms with van der Waals surface area (Å²) >= 11 is 1.74. The van der Waals surface area contributed by atoms with Crippen LogP contribution in [0.15, 0.2) is 6.33 Å². The van der Waals surface area contributed by atoms with E-state index >= 15 is 0 Å². The third kappa shape index (κ3) is 2.53. The van der Waals surface area contributed by atoms with E-state index in [9.17, 15) is 0 Å². The average molecular weight is 185 g/mol. The van der Waals surface area contributed by atoms with Crippen molar-refractivity contribution >= 4 is 11.8 Å². The number of thioether (sulfide) groups is 1. The van der Waals surface area contributed by atoms with Crippen LogP contribution in [-0.2, 0) is 5.75 Å². The second kappa shape index (κ2) is 4.52. The third-order valence-corrected chi connectivity index (χ3v) is 2.97. The van der Waals surface area contributed by atoms with Crippen molar-refractivity contribution in [3.05, 3.63) is 17.7 Å². The molecule has 68 valence electrons. The van der Waals surface area contributed by atoms with Gasteiger partial charge in [0.25, 0.3) is 0 Å². The number of nitrogens with one attached hydrogen (secondary N) is 1. The predicted octanol–water partition coefficient (Wildman–Crippen LogP) is 1.65. The number of aromatic amines is 1. The van der Waals surface area contributed by atoms with Crippen LogP contribution < -0.4 is 5.73 Å². The first-order chi connectivity index (χ1) is 5.74. The summed E-state index contributed by atoms with van der Waals surface area (Å²) < 4.78 is 0. The minimum atomic E-state index is 0.237. The van der Waals surface area contributed by atoms with Crippen molar-refractivity contribution in [3.63, 3.8) is 0 Å². The maximum Gasteiger partial charge on any atom is 0.0925 e. The van der Waals surface area contributed by atoms with E-state index in [0.717, 1.165) is 23.6 Å². The highest BCUT2D eigenvalue weighted by Crippen LogP contribution is 2.16. The van der Waals surface area contributed by atoms with E-state index in [1.807, 2.05) is 6.92 Å². The Balaban J connectivity index is 2.38. The second-order valence-corrected chi connectivity index (χ2v) is 3.96. The number of nitrogens with two attached hydrogens (primary N) is 1. The molecule has 1 atom stereocenters. The second-order valence-electron chi connectivity index (χ2n) is 2.73. The van der Waals surface area contributed by atoms with Gasteiger partial charge < -0.3 is 10.7 Å². The van der Waals surface area contributed by atoms with Gasteiger partial charge in [-0.15, -0.1) is 11.8 Å². The zero-order chi connectivity index (χ0) is 8.97. The summed E-state index contributed by atoms with van der Waals surface area (Å²) in [4.78, 5) is 7.24. The van der Waals surface area contributed by atoms with Gasteiger partial charge in [0.2, 0.25) is 0 Å². The summed E-state index contributed by atoms with van der Waals surface area (Å²) in [6, 6.07) is 0. The summed E-state index contributed by atoms with van der Waals surface area (Å²) in [7, 11) is 0. The molecule has 1 rings (SSSR count). The van der Waals surface area contributed by atoms with Crippen LogP contribution in [0.5, 0.6) is 0 Å². The van der Waals surface area contributed by atoms with Crippen molar-refractivity contribution in [2.75, 3.05) is 0 Å². The summed E-state index contributed by atoms with van der Waals surface area (Å²) in [6.45, 7) is 4.12. The lowest BCUT2D eigenvalue weighted by Gasteiger charge is -2.06. The number of H-pyrrole nitrogens is 1.